The molecule has 3 unspecified atom stereocenters. The number of thioether (sulfide) groups is 2. The third kappa shape index (κ3) is 3.46. The maximum Gasteiger partial charge on any atom is 0.0321 e. The second-order valence-electron chi connectivity index (χ2n) is 4.95. The predicted octanol–water partition coefficient (Wildman–Crippen LogP) is 3.49. The van der Waals surface area contributed by atoms with Crippen LogP contribution in [0.25, 0.3) is 0 Å². The molecule has 2 N–H and O–H groups in total. The van der Waals surface area contributed by atoms with Gasteiger partial charge in [-0.1, -0.05) is 31.2 Å². The lowest BCUT2D eigenvalue weighted by molar-refractivity contribution is 0.596. The van der Waals surface area contributed by atoms with Gasteiger partial charge in [-0.3, -0.25) is 0 Å². The molecule has 0 bridgehead atoms. The van der Waals surface area contributed by atoms with Crippen LogP contribution in [-0.2, 0) is 6.42 Å². The first-order valence-electron chi connectivity index (χ1n) is 6.75. The minimum atomic E-state index is 0.286. The van der Waals surface area contributed by atoms with Crippen LogP contribution in [0, 0.1) is 6.92 Å². The molecule has 0 spiro atoms. The van der Waals surface area contributed by atoms with E-state index in [1.165, 1.54) is 29.1 Å². The predicted molar refractivity (Wildman–Crippen MR) is 85.6 cm³/mol. The number of hydrogen-bond donors (Lipinski definition) is 1. The summed E-state index contributed by atoms with van der Waals surface area (Å²) < 4.78 is 0. The van der Waals surface area contributed by atoms with Crippen LogP contribution in [0.15, 0.2) is 24.3 Å². The van der Waals surface area contributed by atoms with Gasteiger partial charge in [-0.15, -0.1) is 0 Å². The van der Waals surface area contributed by atoms with E-state index in [1.807, 2.05) is 0 Å². The zero-order valence-electron chi connectivity index (χ0n) is 11.3. The van der Waals surface area contributed by atoms with Crippen LogP contribution in [0.1, 0.15) is 24.5 Å². The summed E-state index contributed by atoms with van der Waals surface area (Å²) in [6.45, 7) is 4.47. The molecule has 18 heavy (non-hydrogen) atoms. The van der Waals surface area contributed by atoms with Crippen molar-refractivity contribution in [2.45, 2.75) is 43.2 Å². The van der Waals surface area contributed by atoms with E-state index in [1.54, 1.807) is 0 Å². The van der Waals surface area contributed by atoms with Gasteiger partial charge in [-0.25, -0.2) is 0 Å². The number of hydrogen-bond acceptors (Lipinski definition) is 3. The second kappa shape index (κ2) is 6.88. The molecular weight excluding hydrogens is 258 g/mol. The van der Waals surface area contributed by atoms with E-state index in [-0.39, 0.29) is 6.04 Å². The Kier molecular flexibility index (Phi) is 5.46. The molecular formula is C15H23NS2. The Balaban J connectivity index is 2.02. The van der Waals surface area contributed by atoms with Crippen molar-refractivity contribution in [1.29, 1.82) is 0 Å². The third-order valence-electron chi connectivity index (χ3n) is 3.63. The van der Waals surface area contributed by atoms with Gasteiger partial charge in [0.05, 0.1) is 0 Å². The molecule has 1 heterocycles. The van der Waals surface area contributed by atoms with Gasteiger partial charge in [0.2, 0.25) is 0 Å². The molecule has 0 radical (unpaired) electrons. The van der Waals surface area contributed by atoms with Crippen LogP contribution in [0.3, 0.4) is 0 Å². The van der Waals surface area contributed by atoms with Crippen LogP contribution in [0.4, 0.5) is 0 Å². The fraction of sp³-hybridized carbons (Fsp3) is 0.600. The van der Waals surface area contributed by atoms with E-state index in [0.717, 1.165) is 11.7 Å². The molecule has 0 aromatic heterocycles. The summed E-state index contributed by atoms with van der Waals surface area (Å²) in [5.74, 6) is 2.55. The molecule has 100 valence electrons. The quantitative estimate of drug-likeness (QED) is 0.915. The molecule has 3 heteroatoms. The largest absolute Gasteiger partial charge is 0.326 e. The lowest BCUT2D eigenvalue weighted by Crippen LogP contribution is -2.43. The highest BCUT2D eigenvalue weighted by molar-refractivity contribution is 8.07. The number of benzene rings is 1. The molecule has 1 aromatic rings. The van der Waals surface area contributed by atoms with E-state index < -0.39 is 0 Å². The summed E-state index contributed by atoms with van der Waals surface area (Å²) in [5, 5.41) is 1.36. The topological polar surface area (TPSA) is 26.0 Å². The molecule has 0 saturated carbocycles. The van der Waals surface area contributed by atoms with Crippen molar-refractivity contribution in [3.05, 3.63) is 35.4 Å². The van der Waals surface area contributed by atoms with Crippen molar-refractivity contribution in [3.63, 3.8) is 0 Å². The van der Waals surface area contributed by atoms with Crippen molar-refractivity contribution >= 4 is 23.5 Å². The molecule has 1 aliphatic rings. The van der Waals surface area contributed by atoms with E-state index in [2.05, 4.69) is 61.6 Å². The Morgan fingerprint density at radius 1 is 1.28 bits per heavy atom. The highest BCUT2D eigenvalue weighted by atomic mass is 32.2. The molecule has 0 aliphatic carbocycles. The Labute approximate surface area is 119 Å². The molecule has 1 nitrogen and oxygen atoms in total. The summed E-state index contributed by atoms with van der Waals surface area (Å²) >= 11 is 4.20. The molecule has 0 amide bonds. The minimum Gasteiger partial charge on any atom is -0.326 e. The standard InChI is InChI=1S/C15H23NS2/c1-3-14-15(18-9-8-17-14)13(16)10-12-7-5-4-6-11(12)2/h4-7,13-15H,3,8-10,16H2,1-2H3. The lowest BCUT2D eigenvalue weighted by atomic mass is 9.98. The van der Waals surface area contributed by atoms with Gasteiger partial charge < -0.3 is 5.73 Å². The number of nitrogens with two attached hydrogens (primary N) is 1. The monoisotopic (exact) mass is 281 g/mol. The first-order valence-corrected chi connectivity index (χ1v) is 8.85. The van der Waals surface area contributed by atoms with Crippen molar-refractivity contribution in [1.82, 2.24) is 0 Å². The van der Waals surface area contributed by atoms with E-state index >= 15 is 0 Å². The first-order chi connectivity index (χ1) is 8.72. The van der Waals surface area contributed by atoms with Gasteiger partial charge in [0, 0.05) is 28.0 Å². The second-order valence-corrected chi connectivity index (χ2v) is 7.58. The SMILES string of the molecule is CCC1SCCSC1C(N)Cc1ccccc1C. The van der Waals surface area contributed by atoms with Crippen LogP contribution >= 0.6 is 23.5 Å². The van der Waals surface area contributed by atoms with Crippen LogP contribution in [0.5, 0.6) is 0 Å². The Bertz CT molecular complexity index is 381. The Morgan fingerprint density at radius 2 is 2.00 bits per heavy atom. The molecule has 1 aromatic carbocycles. The van der Waals surface area contributed by atoms with Gasteiger partial charge in [-0.2, -0.15) is 23.5 Å². The molecule has 1 saturated heterocycles. The Morgan fingerprint density at radius 3 is 2.72 bits per heavy atom. The smallest absolute Gasteiger partial charge is 0.0321 e. The van der Waals surface area contributed by atoms with Crippen molar-refractivity contribution in [2.75, 3.05) is 11.5 Å². The summed E-state index contributed by atoms with van der Waals surface area (Å²) in [5.41, 5.74) is 9.26. The molecule has 2 rings (SSSR count). The van der Waals surface area contributed by atoms with Crippen LogP contribution < -0.4 is 5.73 Å². The highest BCUT2D eigenvalue weighted by Crippen LogP contribution is 2.35. The number of rotatable bonds is 4. The zero-order valence-corrected chi connectivity index (χ0v) is 12.9. The van der Waals surface area contributed by atoms with Crippen LogP contribution in [-0.4, -0.2) is 28.0 Å². The van der Waals surface area contributed by atoms with Gasteiger partial charge in [0.25, 0.3) is 0 Å². The zero-order chi connectivity index (χ0) is 13.0. The summed E-state index contributed by atoms with van der Waals surface area (Å²) in [7, 11) is 0. The molecule has 1 aliphatic heterocycles. The van der Waals surface area contributed by atoms with Crippen LogP contribution in [0.2, 0.25) is 0 Å². The van der Waals surface area contributed by atoms with Gasteiger partial charge in [0.1, 0.15) is 0 Å². The average molecular weight is 281 g/mol. The van der Waals surface area contributed by atoms with Crippen molar-refractivity contribution in [2.24, 2.45) is 5.73 Å². The summed E-state index contributed by atoms with van der Waals surface area (Å²) in [4.78, 5) is 0. The van der Waals surface area contributed by atoms with Crippen molar-refractivity contribution in [3.8, 4) is 0 Å². The Hall–Kier alpha value is -0.120. The summed E-state index contributed by atoms with van der Waals surface area (Å²) in [6, 6.07) is 8.91. The average Bonchev–Trinajstić information content (AvgIpc) is 2.41. The van der Waals surface area contributed by atoms with E-state index in [0.29, 0.717) is 5.25 Å². The molecule has 1 fully saturated rings. The maximum atomic E-state index is 6.48. The lowest BCUT2D eigenvalue weighted by Gasteiger charge is -2.34. The van der Waals surface area contributed by atoms with E-state index in [4.69, 9.17) is 5.73 Å². The van der Waals surface area contributed by atoms with Crippen molar-refractivity contribution < 1.29 is 0 Å². The van der Waals surface area contributed by atoms with Gasteiger partial charge in [-0.05, 0) is 30.9 Å². The van der Waals surface area contributed by atoms with E-state index in [9.17, 15) is 0 Å². The normalized spacial score (nSPS) is 25.9. The maximum absolute atomic E-state index is 6.48. The minimum absolute atomic E-state index is 0.286. The fourth-order valence-electron chi connectivity index (χ4n) is 2.54. The highest BCUT2D eigenvalue weighted by Gasteiger charge is 2.30. The number of aryl methyl sites for hydroxylation is 1. The molecule has 3 atom stereocenters. The van der Waals surface area contributed by atoms with Gasteiger partial charge >= 0.3 is 0 Å². The third-order valence-corrected chi connectivity index (χ3v) is 7.06. The first kappa shape index (κ1) is 14.3. The fourth-order valence-corrected chi connectivity index (χ4v) is 5.74. The summed E-state index contributed by atoms with van der Waals surface area (Å²) in [6.07, 6.45) is 2.26. The van der Waals surface area contributed by atoms with Gasteiger partial charge in [0.15, 0.2) is 0 Å².